The van der Waals surface area contributed by atoms with Gasteiger partial charge in [-0.2, -0.15) is 0 Å². The summed E-state index contributed by atoms with van der Waals surface area (Å²) in [6, 6.07) is 0. The lowest BCUT2D eigenvalue weighted by Gasteiger charge is -2.59. The largest absolute Gasteiger partial charge is 0.392 e. The maximum absolute atomic E-state index is 12.8. The van der Waals surface area contributed by atoms with E-state index in [0.717, 1.165) is 70.9 Å². The topological polar surface area (TPSA) is 72.3 Å². The molecular weight excluding hydrogens is 402 g/mol. The van der Waals surface area contributed by atoms with Gasteiger partial charge in [-0.25, -0.2) is 0 Å². The van der Waals surface area contributed by atoms with Gasteiger partial charge in [0.15, 0.2) is 0 Å². The molecule has 4 aliphatic carbocycles. The highest BCUT2D eigenvalue weighted by Gasteiger charge is 2.62. The lowest BCUT2D eigenvalue weighted by molar-refractivity contribution is -0.131. The Morgan fingerprint density at radius 3 is 2.78 bits per heavy atom. The van der Waals surface area contributed by atoms with Crippen LogP contribution in [-0.4, -0.2) is 43.0 Å². The Morgan fingerprint density at radius 2 is 2.00 bits per heavy atom. The Hall–Kier alpha value is -1.69. The van der Waals surface area contributed by atoms with E-state index >= 15 is 0 Å². The van der Waals surface area contributed by atoms with E-state index in [-0.39, 0.29) is 16.9 Å². The second kappa shape index (κ2) is 8.58. The third-order valence-electron chi connectivity index (χ3n) is 9.75. The van der Waals surface area contributed by atoms with Crippen LogP contribution in [0.3, 0.4) is 0 Å². The van der Waals surface area contributed by atoms with Crippen LogP contribution in [0.2, 0.25) is 0 Å². The molecule has 1 heterocycles. The summed E-state index contributed by atoms with van der Waals surface area (Å²) < 4.78 is 0. The molecule has 5 fully saturated rings. The van der Waals surface area contributed by atoms with Crippen LogP contribution in [-0.2, 0) is 14.5 Å². The molecule has 6 nitrogen and oxygen atoms in total. The minimum Gasteiger partial charge on any atom is -0.392 e. The van der Waals surface area contributed by atoms with Crippen molar-refractivity contribution in [1.82, 2.24) is 5.32 Å². The molecular formula is C26H39N3O3. The van der Waals surface area contributed by atoms with E-state index in [2.05, 4.69) is 36.1 Å². The molecule has 1 unspecified atom stereocenters. The fourth-order valence-corrected chi connectivity index (χ4v) is 7.76. The number of nitrogens with zero attached hydrogens (tertiary/aromatic N) is 2. The number of fused-ring (bicyclic) bond motifs is 5. The maximum atomic E-state index is 12.8. The molecule has 0 spiro atoms. The van der Waals surface area contributed by atoms with Crippen LogP contribution < -0.4 is 5.32 Å². The number of carbonyl (C=O) groups is 1. The summed E-state index contributed by atoms with van der Waals surface area (Å²) in [6.07, 6.45) is 11.0. The molecule has 7 atom stereocenters. The van der Waals surface area contributed by atoms with Crippen LogP contribution in [0.4, 0.5) is 0 Å². The summed E-state index contributed by atoms with van der Waals surface area (Å²) in [5, 5.41) is 12.6. The highest BCUT2D eigenvalue weighted by molar-refractivity contribution is 5.94. The van der Waals surface area contributed by atoms with Crippen molar-refractivity contribution in [1.29, 1.82) is 0 Å². The monoisotopic (exact) mass is 441 g/mol. The molecule has 0 radical (unpaired) electrons. The standard InChI is InChI=1S/C26H39N3O3/c1-4-13-31-29-22-15-17-14-18(28-32-19-9-12-27-16-19)7-10-25(17,2)21-8-11-26(3)20(24(21)22)5-6-23(26)30/h4,17,19-21,24,27H,1,5-16H2,2-3H3/b28-18?,29-22+/t17?,19-,20+,21+,24+,25+,26+/m1/s1. The number of Topliss-reactive ketones (excluding diaryl/α,β-unsaturated/α-hetero) is 1. The van der Waals surface area contributed by atoms with Crippen molar-refractivity contribution in [3.8, 4) is 0 Å². The van der Waals surface area contributed by atoms with E-state index in [1.54, 1.807) is 6.08 Å². The normalized spacial score (nSPS) is 45.9. The van der Waals surface area contributed by atoms with Gasteiger partial charge in [0.1, 0.15) is 18.5 Å². The van der Waals surface area contributed by atoms with Crippen molar-refractivity contribution >= 4 is 17.2 Å². The Labute approximate surface area is 192 Å². The second-order valence-electron chi connectivity index (χ2n) is 11.3. The molecule has 4 saturated carbocycles. The van der Waals surface area contributed by atoms with Gasteiger partial charge in [-0.3, -0.25) is 4.79 Å². The van der Waals surface area contributed by atoms with Gasteiger partial charge in [0.2, 0.25) is 0 Å². The second-order valence-corrected chi connectivity index (χ2v) is 11.3. The Balaban J connectivity index is 1.40. The average Bonchev–Trinajstić information content (AvgIpc) is 3.41. The van der Waals surface area contributed by atoms with Crippen molar-refractivity contribution in [3.63, 3.8) is 0 Å². The SMILES string of the molecule is C=CCO/N=C1\CC2CC(=NO[C@@H]3CCNC3)CC[C@]2(C)[C@H]2CC[C@]3(C)C(=O)CC[C@H]3[C@H]12. The molecule has 0 aromatic heterocycles. The fraction of sp³-hybridized carbons (Fsp3) is 0.808. The van der Waals surface area contributed by atoms with E-state index in [1.165, 1.54) is 11.4 Å². The van der Waals surface area contributed by atoms with Gasteiger partial charge in [-0.05, 0) is 74.7 Å². The molecule has 0 amide bonds. The molecule has 5 aliphatic rings. The van der Waals surface area contributed by atoms with Crippen molar-refractivity contribution in [2.45, 2.75) is 77.7 Å². The van der Waals surface area contributed by atoms with Crippen LogP contribution in [0.5, 0.6) is 0 Å². The Morgan fingerprint density at radius 1 is 1.12 bits per heavy atom. The summed E-state index contributed by atoms with van der Waals surface area (Å²) in [7, 11) is 0. The van der Waals surface area contributed by atoms with Crippen LogP contribution >= 0.6 is 0 Å². The van der Waals surface area contributed by atoms with Gasteiger partial charge in [-0.15, -0.1) is 0 Å². The van der Waals surface area contributed by atoms with E-state index in [0.29, 0.717) is 36.1 Å². The smallest absolute Gasteiger partial charge is 0.141 e. The average molecular weight is 442 g/mol. The molecule has 32 heavy (non-hydrogen) atoms. The molecule has 1 aliphatic heterocycles. The lowest BCUT2D eigenvalue weighted by atomic mass is 9.45. The predicted molar refractivity (Wildman–Crippen MR) is 125 cm³/mol. The maximum Gasteiger partial charge on any atom is 0.141 e. The molecule has 0 aromatic rings. The lowest BCUT2D eigenvalue weighted by Crippen LogP contribution is -2.57. The Bertz CT molecular complexity index is 817. The van der Waals surface area contributed by atoms with Crippen molar-refractivity contribution in [2.75, 3.05) is 19.7 Å². The third-order valence-corrected chi connectivity index (χ3v) is 9.75. The fourth-order valence-electron chi connectivity index (χ4n) is 7.76. The summed E-state index contributed by atoms with van der Waals surface area (Å²) in [5.41, 5.74) is 2.49. The summed E-state index contributed by atoms with van der Waals surface area (Å²) >= 11 is 0. The van der Waals surface area contributed by atoms with Crippen LogP contribution in [0.15, 0.2) is 23.0 Å². The van der Waals surface area contributed by atoms with Gasteiger partial charge in [0.05, 0.1) is 11.4 Å². The number of hydrogen-bond acceptors (Lipinski definition) is 6. The highest BCUT2D eigenvalue weighted by Crippen LogP contribution is 2.64. The van der Waals surface area contributed by atoms with E-state index < -0.39 is 0 Å². The molecule has 6 heteroatoms. The minimum atomic E-state index is -0.173. The van der Waals surface area contributed by atoms with E-state index in [1.807, 2.05) is 0 Å². The zero-order chi connectivity index (χ0) is 22.3. The van der Waals surface area contributed by atoms with Gasteiger partial charge in [0, 0.05) is 30.7 Å². The number of nitrogens with one attached hydrogen (secondary N) is 1. The minimum absolute atomic E-state index is 0.173. The zero-order valence-corrected chi connectivity index (χ0v) is 19.8. The van der Waals surface area contributed by atoms with Gasteiger partial charge < -0.3 is 15.0 Å². The molecule has 1 N–H and O–H groups in total. The number of ketones is 1. The summed E-state index contributed by atoms with van der Waals surface area (Å²) in [6.45, 7) is 10.8. The first kappa shape index (κ1) is 22.1. The summed E-state index contributed by atoms with van der Waals surface area (Å²) in [5.74, 6) is 2.32. The Kier molecular flexibility index (Phi) is 5.93. The predicted octanol–water partition coefficient (Wildman–Crippen LogP) is 4.50. The highest BCUT2D eigenvalue weighted by atomic mass is 16.6. The van der Waals surface area contributed by atoms with E-state index in [9.17, 15) is 4.79 Å². The van der Waals surface area contributed by atoms with Gasteiger partial charge in [-0.1, -0.05) is 36.8 Å². The molecule has 176 valence electrons. The zero-order valence-electron chi connectivity index (χ0n) is 19.8. The van der Waals surface area contributed by atoms with Crippen LogP contribution in [0, 0.1) is 34.5 Å². The summed E-state index contributed by atoms with van der Waals surface area (Å²) in [4.78, 5) is 24.4. The quantitative estimate of drug-likeness (QED) is 0.387. The number of hydrogen-bond donors (Lipinski definition) is 1. The van der Waals surface area contributed by atoms with Gasteiger partial charge in [0.25, 0.3) is 0 Å². The van der Waals surface area contributed by atoms with Crippen molar-refractivity contribution < 1.29 is 14.5 Å². The van der Waals surface area contributed by atoms with Crippen molar-refractivity contribution in [3.05, 3.63) is 12.7 Å². The van der Waals surface area contributed by atoms with Crippen molar-refractivity contribution in [2.24, 2.45) is 44.8 Å². The van der Waals surface area contributed by atoms with E-state index in [4.69, 9.17) is 9.68 Å². The number of rotatable bonds is 5. The number of carbonyl (C=O) groups excluding carboxylic acids is 1. The van der Waals surface area contributed by atoms with Crippen LogP contribution in [0.1, 0.15) is 71.6 Å². The first-order valence-corrected chi connectivity index (χ1v) is 12.7. The first-order chi connectivity index (χ1) is 15.5. The molecule has 0 aromatic carbocycles. The van der Waals surface area contributed by atoms with Crippen LogP contribution in [0.25, 0.3) is 0 Å². The molecule has 5 rings (SSSR count). The first-order valence-electron chi connectivity index (χ1n) is 12.7. The number of oxime groups is 2. The molecule has 0 bridgehead atoms. The van der Waals surface area contributed by atoms with Gasteiger partial charge >= 0.3 is 0 Å². The molecule has 1 saturated heterocycles. The third kappa shape index (κ3) is 3.63.